The summed E-state index contributed by atoms with van der Waals surface area (Å²) in [5.74, 6) is 1.48. The second-order valence-corrected chi connectivity index (χ2v) is 3.01. The monoisotopic (exact) mass is 150 g/mol. The van der Waals surface area contributed by atoms with E-state index in [4.69, 9.17) is 10.2 Å². The predicted molar refractivity (Wildman–Crippen MR) is 40.7 cm³/mol. The molecule has 0 heterocycles. The van der Waals surface area contributed by atoms with E-state index in [2.05, 4.69) is 0 Å². The molecule has 0 saturated carbocycles. The minimum absolute atomic E-state index is 0.193. The zero-order valence-electron chi connectivity index (χ0n) is 5.71. The summed E-state index contributed by atoms with van der Waals surface area (Å²) in [4.78, 5) is 0. The van der Waals surface area contributed by atoms with Crippen molar-refractivity contribution in [1.82, 2.24) is 0 Å². The van der Waals surface area contributed by atoms with Gasteiger partial charge in [-0.1, -0.05) is 6.92 Å². The maximum Gasteiger partial charge on any atom is 0.0628 e. The quantitative estimate of drug-likeness (QED) is 0.560. The smallest absolute Gasteiger partial charge is 0.0628 e. The summed E-state index contributed by atoms with van der Waals surface area (Å²) in [6, 6.07) is 0. The van der Waals surface area contributed by atoms with Crippen LogP contribution in [0.4, 0.5) is 0 Å². The first-order valence-electron chi connectivity index (χ1n) is 3.18. The Morgan fingerprint density at radius 1 is 1.56 bits per heavy atom. The van der Waals surface area contributed by atoms with E-state index < -0.39 is 0 Å². The van der Waals surface area contributed by atoms with Crippen LogP contribution in [-0.4, -0.2) is 34.4 Å². The van der Waals surface area contributed by atoms with E-state index in [1.54, 1.807) is 11.8 Å². The summed E-state index contributed by atoms with van der Waals surface area (Å²) in [5, 5.41) is 17.3. The van der Waals surface area contributed by atoms with E-state index in [1.165, 1.54) is 0 Å². The summed E-state index contributed by atoms with van der Waals surface area (Å²) < 4.78 is 0. The van der Waals surface area contributed by atoms with Gasteiger partial charge in [0.05, 0.1) is 12.7 Å². The summed E-state index contributed by atoms with van der Waals surface area (Å²) in [7, 11) is 0. The molecule has 56 valence electrons. The Morgan fingerprint density at radius 2 is 2.22 bits per heavy atom. The molecule has 0 fully saturated rings. The number of hydrogen-bond donors (Lipinski definition) is 2. The van der Waals surface area contributed by atoms with Crippen molar-refractivity contribution in [2.75, 3.05) is 18.1 Å². The zero-order chi connectivity index (χ0) is 7.11. The van der Waals surface area contributed by atoms with Gasteiger partial charge < -0.3 is 10.2 Å². The van der Waals surface area contributed by atoms with Crippen LogP contribution in [0.25, 0.3) is 0 Å². The first kappa shape index (κ1) is 9.27. The Hall–Kier alpha value is 0.270. The van der Waals surface area contributed by atoms with E-state index >= 15 is 0 Å². The van der Waals surface area contributed by atoms with Crippen molar-refractivity contribution < 1.29 is 10.2 Å². The minimum Gasteiger partial charge on any atom is -0.396 e. The molecule has 2 N–H and O–H groups in total. The van der Waals surface area contributed by atoms with E-state index in [9.17, 15) is 0 Å². The second kappa shape index (κ2) is 6.39. The lowest BCUT2D eigenvalue weighted by Gasteiger charge is -2.04. The first-order chi connectivity index (χ1) is 4.31. The first-order valence-corrected chi connectivity index (χ1v) is 4.33. The largest absolute Gasteiger partial charge is 0.396 e. The summed E-state index contributed by atoms with van der Waals surface area (Å²) >= 11 is 1.59. The molecule has 0 spiro atoms. The van der Waals surface area contributed by atoms with Crippen molar-refractivity contribution in [3.8, 4) is 0 Å². The molecule has 0 aliphatic heterocycles. The predicted octanol–water partition coefficient (Wildman–Crippen LogP) is 0.483. The van der Waals surface area contributed by atoms with Gasteiger partial charge in [-0.25, -0.2) is 0 Å². The van der Waals surface area contributed by atoms with Crippen molar-refractivity contribution in [1.29, 1.82) is 0 Å². The van der Waals surface area contributed by atoms with Crippen molar-refractivity contribution in [3.05, 3.63) is 0 Å². The Kier molecular flexibility index (Phi) is 6.58. The molecule has 0 aliphatic rings. The van der Waals surface area contributed by atoms with Crippen LogP contribution in [0.5, 0.6) is 0 Å². The highest BCUT2D eigenvalue weighted by Gasteiger charge is 1.98. The molecule has 0 saturated heterocycles. The van der Waals surface area contributed by atoms with Crippen LogP contribution in [0.3, 0.4) is 0 Å². The highest BCUT2D eigenvalue weighted by Crippen LogP contribution is 2.03. The SMILES string of the molecule is CCC(O)CSCCO. The molecular formula is C6H14O2S. The third-order valence-corrected chi connectivity index (χ3v) is 2.11. The average molecular weight is 150 g/mol. The van der Waals surface area contributed by atoms with Gasteiger partial charge in [0.15, 0.2) is 0 Å². The highest BCUT2D eigenvalue weighted by atomic mass is 32.2. The van der Waals surface area contributed by atoms with E-state index in [1.807, 2.05) is 6.92 Å². The summed E-state index contributed by atoms with van der Waals surface area (Å²) in [6.45, 7) is 2.16. The van der Waals surface area contributed by atoms with Crippen LogP contribution >= 0.6 is 11.8 Å². The van der Waals surface area contributed by atoms with Gasteiger partial charge in [-0.3, -0.25) is 0 Å². The fourth-order valence-corrected chi connectivity index (χ4v) is 1.21. The van der Waals surface area contributed by atoms with Crippen LogP contribution in [-0.2, 0) is 0 Å². The third-order valence-electron chi connectivity index (χ3n) is 1.02. The molecule has 0 aliphatic carbocycles. The van der Waals surface area contributed by atoms with Gasteiger partial charge in [0.2, 0.25) is 0 Å². The Balaban J connectivity index is 2.88. The second-order valence-electron chi connectivity index (χ2n) is 1.86. The Morgan fingerprint density at radius 3 is 2.67 bits per heavy atom. The Labute approximate surface area is 60.3 Å². The topological polar surface area (TPSA) is 40.5 Å². The molecule has 0 bridgehead atoms. The van der Waals surface area contributed by atoms with E-state index in [0.29, 0.717) is 0 Å². The fraction of sp³-hybridized carbons (Fsp3) is 1.00. The molecule has 9 heavy (non-hydrogen) atoms. The van der Waals surface area contributed by atoms with Gasteiger partial charge in [-0.05, 0) is 6.42 Å². The lowest BCUT2D eigenvalue weighted by molar-refractivity contribution is 0.195. The highest BCUT2D eigenvalue weighted by molar-refractivity contribution is 7.99. The van der Waals surface area contributed by atoms with E-state index in [0.717, 1.165) is 17.9 Å². The zero-order valence-corrected chi connectivity index (χ0v) is 6.52. The molecule has 1 atom stereocenters. The maximum absolute atomic E-state index is 8.98. The van der Waals surface area contributed by atoms with E-state index in [-0.39, 0.29) is 12.7 Å². The lowest BCUT2D eigenvalue weighted by Crippen LogP contribution is -2.08. The van der Waals surface area contributed by atoms with Crippen molar-refractivity contribution in [2.24, 2.45) is 0 Å². The lowest BCUT2D eigenvalue weighted by atomic mass is 10.3. The summed E-state index contributed by atoms with van der Waals surface area (Å²) in [5.41, 5.74) is 0. The minimum atomic E-state index is -0.193. The number of aliphatic hydroxyl groups is 2. The van der Waals surface area contributed by atoms with Crippen LogP contribution < -0.4 is 0 Å². The molecule has 2 nitrogen and oxygen atoms in total. The fourth-order valence-electron chi connectivity index (χ4n) is 0.402. The van der Waals surface area contributed by atoms with Crippen LogP contribution in [0, 0.1) is 0 Å². The van der Waals surface area contributed by atoms with Gasteiger partial charge in [0.1, 0.15) is 0 Å². The van der Waals surface area contributed by atoms with Gasteiger partial charge in [-0.15, -0.1) is 0 Å². The Bertz CT molecular complexity index is 59.0. The standard InChI is InChI=1S/C6H14O2S/c1-2-6(8)5-9-4-3-7/h6-8H,2-5H2,1H3. The molecule has 0 amide bonds. The molecule has 0 radical (unpaired) electrons. The number of thioether (sulfide) groups is 1. The molecule has 3 heteroatoms. The molecular weight excluding hydrogens is 136 g/mol. The average Bonchev–Trinajstić information content (AvgIpc) is 1.89. The number of rotatable bonds is 5. The molecule has 0 rings (SSSR count). The van der Waals surface area contributed by atoms with Crippen molar-refractivity contribution in [2.45, 2.75) is 19.4 Å². The van der Waals surface area contributed by atoms with Gasteiger partial charge in [0, 0.05) is 11.5 Å². The van der Waals surface area contributed by atoms with Gasteiger partial charge in [0.25, 0.3) is 0 Å². The number of hydrogen-bond acceptors (Lipinski definition) is 3. The van der Waals surface area contributed by atoms with Crippen molar-refractivity contribution >= 4 is 11.8 Å². The normalized spacial score (nSPS) is 13.7. The van der Waals surface area contributed by atoms with Crippen LogP contribution in [0.1, 0.15) is 13.3 Å². The van der Waals surface area contributed by atoms with Gasteiger partial charge in [-0.2, -0.15) is 11.8 Å². The molecule has 0 aromatic heterocycles. The molecule has 1 unspecified atom stereocenters. The van der Waals surface area contributed by atoms with Crippen LogP contribution in [0.15, 0.2) is 0 Å². The maximum atomic E-state index is 8.98. The van der Waals surface area contributed by atoms with Gasteiger partial charge >= 0.3 is 0 Å². The van der Waals surface area contributed by atoms with Crippen molar-refractivity contribution in [3.63, 3.8) is 0 Å². The molecule has 0 aromatic rings. The molecule has 0 aromatic carbocycles. The number of aliphatic hydroxyl groups excluding tert-OH is 2. The summed E-state index contributed by atoms with van der Waals surface area (Å²) in [6.07, 6.45) is 0.611. The van der Waals surface area contributed by atoms with Crippen LogP contribution in [0.2, 0.25) is 0 Å². The third kappa shape index (κ3) is 6.15.